The molecule has 0 N–H and O–H groups in total. The van der Waals surface area contributed by atoms with Crippen LogP contribution in [0.15, 0.2) is 84.9 Å². The summed E-state index contributed by atoms with van der Waals surface area (Å²) in [6, 6.07) is 11.2. The largest absolute Gasteiger partial charge is 0.416 e. The number of hydrogen-bond acceptors (Lipinski definition) is 0. The van der Waals surface area contributed by atoms with Gasteiger partial charge in [0.25, 0.3) is 0 Å². The molecule has 0 radical (unpaired) electrons. The van der Waals surface area contributed by atoms with Crippen LogP contribution in [0.3, 0.4) is 0 Å². The van der Waals surface area contributed by atoms with Gasteiger partial charge in [-0.05, 0) is 92.3 Å². The van der Waals surface area contributed by atoms with E-state index in [1.54, 1.807) is 0 Å². The molecular weight excluding hydrogens is 588 g/mol. The summed E-state index contributed by atoms with van der Waals surface area (Å²) < 4.78 is 165. The highest BCUT2D eigenvalue weighted by Crippen LogP contribution is 2.48. The van der Waals surface area contributed by atoms with Gasteiger partial charge in [-0.3, -0.25) is 0 Å². The average Bonchev–Trinajstić information content (AvgIpc) is 2.90. The van der Waals surface area contributed by atoms with Crippen molar-refractivity contribution >= 4 is 21.5 Å². The van der Waals surface area contributed by atoms with Gasteiger partial charge in [-0.2, -0.15) is 52.7 Å². The second-order valence-corrected chi connectivity index (χ2v) is 9.42. The molecule has 0 unspecified atom stereocenters. The molecule has 0 aliphatic rings. The Labute approximate surface area is 228 Å². The third-order valence-electron chi connectivity index (χ3n) is 6.73. The summed E-state index contributed by atoms with van der Waals surface area (Å²) in [5, 5.41) is -0.725. The van der Waals surface area contributed by atoms with Crippen molar-refractivity contribution in [1.82, 2.24) is 0 Å². The van der Waals surface area contributed by atoms with Gasteiger partial charge in [0.2, 0.25) is 0 Å². The maximum atomic E-state index is 13.8. The van der Waals surface area contributed by atoms with Crippen LogP contribution < -0.4 is 0 Å². The van der Waals surface area contributed by atoms with E-state index < -0.39 is 58.1 Å². The predicted molar refractivity (Wildman–Crippen MR) is 132 cm³/mol. The molecule has 218 valence electrons. The lowest BCUT2D eigenvalue weighted by Crippen LogP contribution is -2.07. The maximum Gasteiger partial charge on any atom is 0.416 e. The van der Waals surface area contributed by atoms with Crippen LogP contribution >= 0.6 is 0 Å². The summed E-state index contributed by atoms with van der Waals surface area (Å²) in [7, 11) is 0. The van der Waals surface area contributed by atoms with Crippen LogP contribution in [0, 0.1) is 0 Å². The van der Waals surface area contributed by atoms with E-state index in [0.717, 1.165) is 36.4 Å². The van der Waals surface area contributed by atoms with Gasteiger partial charge in [0.05, 0.1) is 22.3 Å². The van der Waals surface area contributed by atoms with Gasteiger partial charge < -0.3 is 0 Å². The first-order valence-corrected chi connectivity index (χ1v) is 11.9. The molecule has 0 aliphatic carbocycles. The molecule has 5 rings (SSSR count). The van der Waals surface area contributed by atoms with Crippen LogP contribution in [0.25, 0.3) is 43.8 Å². The van der Waals surface area contributed by atoms with Gasteiger partial charge in [-0.15, -0.1) is 0 Å². The molecule has 0 saturated carbocycles. The first-order valence-electron chi connectivity index (χ1n) is 11.9. The second kappa shape index (κ2) is 9.67. The smallest absolute Gasteiger partial charge is 0.166 e. The molecule has 12 heteroatoms. The topological polar surface area (TPSA) is 0 Å². The fourth-order valence-corrected chi connectivity index (χ4v) is 4.90. The minimum absolute atomic E-state index is 0.0464. The summed E-state index contributed by atoms with van der Waals surface area (Å²) >= 11 is 0. The van der Waals surface area contributed by atoms with Gasteiger partial charge >= 0.3 is 24.7 Å². The van der Waals surface area contributed by atoms with E-state index >= 15 is 0 Å². The fourth-order valence-electron chi connectivity index (χ4n) is 4.90. The lowest BCUT2D eigenvalue weighted by atomic mass is 9.83. The standard InChI is InChI=1S/C30H14F12/c31-27(32,33)17-5-1-3-15(11-17)25-23-13-19(29(37,38)39)7-9-21(23)22-10-8-20(30(40,41)42)14-24(22)26(25)16-4-2-6-18(12-16)28(34,35)36/h1-14H. The summed E-state index contributed by atoms with van der Waals surface area (Å²) in [6.45, 7) is 0. The van der Waals surface area contributed by atoms with E-state index in [2.05, 4.69) is 0 Å². The monoisotopic (exact) mass is 602 g/mol. The molecule has 0 saturated heterocycles. The Morgan fingerprint density at radius 2 is 0.619 bits per heavy atom. The molecule has 0 amide bonds. The van der Waals surface area contributed by atoms with Gasteiger partial charge in [0.1, 0.15) is 0 Å². The van der Waals surface area contributed by atoms with Crippen molar-refractivity contribution in [2.75, 3.05) is 0 Å². The van der Waals surface area contributed by atoms with Crippen LogP contribution in [-0.4, -0.2) is 0 Å². The Kier molecular flexibility index (Phi) is 6.74. The third-order valence-corrected chi connectivity index (χ3v) is 6.73. The lowest BCUT2D eigenvalue weighted by molar-refractivity contribution is -0.138. The molecule has 0 aromatic heterocycles. The van der Waals surface area contributed by atoms with Gasteiger partial charge in [0, 0.05) is 0 Å². The summed E-state index contributed by atoms with van der Waals surface area (Å²) in [5.74, 6) is 0. The molecule has 42 heavy (non-hydrogen) atoms. The van der Waals surface area contributed by atoms with E-state index in [1.807, 2.05) is 0 Å². The highest BCUT2D eigenvalue weighted by Gasteiger charge is 2.35. The van der Waals surface area contributed by atoms with Crippen LogP contribution in [-0.2, 0) is 24.7 Å². The Morgan fingerprint density at radius 3 is 0.929 bits per heavy atom. The number of hydrogen-bond donors (Lipinski definition) is 0. The van der Waals surface area contributed by atoms with Crippen molar-refractivity contribution in [3.63, 3.8) is 0 Å². The van der Waals surface area contributed by atoms with Crippen molar-refractivity contribution in [2.24, 2.45) is 0 Å². The van der Waals surface area contributed by atoms with Crippen LogP contribution in [0.1, 0.15) is 22.3 Å². The molecule has 5 aromatic carbocycles. The van der Waals surface area contributed by atoms with E-state index in [1.165, 1.54) is 0 Å². The highest BCUT2D eigenvalue weighted by molar-refractivity contribution is 6.21. The highest BCUT2D eigenvalue weighted by atomic mass is 19.4. The second-order valence-electron chi connectivity index (χ2n) is 9.42. The Hall–Kier alpha value is -4.22. The predicted octanol–water partition coefficient (Wildman–Crippen LogP) is 11.4. The van der Waals surface area contributed by atoms with Gasteiger partial charge in [-0.25, -0.2) is 0 Å². The quantitative estimate of drug-likeness (QED) is 0.139. The number of alkyl halides is 12. The van der Waals surface area contributed by atoms with Crippen molar-refractivity contribution < 1.29 is 52.7 Å². The van der Waals surface area contributed by atoms with E-state index in [0.29, 0.717) is 48.5 Å². The molecule has 0 nitrogen and oxygen atoms in total. The van der Waals surface area contributed by atoms with Crippen LogP contribution in [0.4, 0.5) is 52.7 Å². The molecular formula is C30H14F12. The summed E-state index contributed by atoms with van der Waals surface area (Å²) in [5.41, 5.74) is -6.39. The normalized spacial score (nSPS) is 13.2. The van der Waals surface area contributed by atoms with Gasteiger partial charge in [0.15, 0.2) is 0 Å². The molecule has 5 aromatic rings. The zero-order valence-corrected chi connectivity index (χ0v) is 20.6. The van der Waals surface area contributed by atoms with E-state index in [-0.39, 0.29) is 32.7 Å². The lowest BCUT2D eigenvalue weighted by Gasteiger charge is -2.22. The summed E-state index contributed by atoms with van der Waals surface area (Å²) in [4.78, 5) is 0. The van der Waals surface area contributed by atoms with Crippen LogP contribution in [0.2, 0.25) is 0 Å². The minimum atomic E-state index is -4.93. The van der Waals surface area contributed by atoms with Gasteiger partial charge in [-0.1, -0.05) is 36.4 Å². The molecule has 0 atom stereocenters. The van der Waals surface area contributed by atoms with E-state index in [4.69, 9.17) is 0 Å². The molecule has 0 fully saturated rings. The molecule has 0 bridgehead atoms. The summed E-state index contributed by atoms with van der Waals surface area (Å²) in [6.07, 6.45) is -19.7. The molecule has 0 heterocycles. The van der Waals surface area contributed by atoms with Crippen molar-refractivity contribution in [2.45, 2.75) is 24.7 Å². The SMILES string of the molecule is FC(F)(F)c1cccc(-c2c(-c3cccc(C(F)(F)F)c3)c3cc(C(F)(F)F)ccc3c3ccc(C(F)(F)F)cc23)c1. The number of benzene rings is 5. The Balaban J connectivity index is 2.06. The number of halogens is 12. The number of rotatable bonds is 2. The number of fused-ring (bicyclic) bond motifs is 3. The molecule has 0 aliphatic heterocycles. The van der Waals surface area contributed by atoms with Crippen molar-refractivity contribution in [3.05, 3.63) is 107 Å². The first kappa shape index (κ1) is 29.3. The van der Waals surface area contributed by atoms with Crippen LogP contribution in [0.5, 0.6) is 0 Å². The zero-order chi connectivity index (χ0) is 30.8. The Bertz CT molecular complexity index is 1690. The van der Waals surface area contributed by atoms with E-state index in [9.17, 15) is 52.7 Å². The maximum absolute atomic E-state index is 13.8. The average molecular weight is 602 g/mol. The Morgan fingerprint density at radius 1 is 0.310 bits per heavy atom. The zero-order valence-electron chi connectivity index (χ0n) is 20.6. The van der Waals surface area contributed by atoms with Crippen molar-refractivity contribution in [3.8, 4) is 22.3 Å². The minimum Gasteiger partial charge on any atom is -0.166 e. The fraction of sp³-hybridized carbons (Fsp3) is 0.133. The third kappa shape index (κ3) is 5.37. The first-order chi connectivity index (χ1) is 19.4. The molecule has 0 spiro atoms. The van der Waals surface area contributed by atoms with Crippen molar-refractivity contribution in [1.29, 1.82) is 0 Å².